The highest BCUT2D eigenvalue weighted by Gasteiger charge is 2.17. The number of benzene rings is 1. The van der Waals surface area contributed by atoms with Crippen molar-refractivity contribution in [3.05, 3.63) is 59.4 Å². The normalized spacial score (nSPS) is 14.6. The molecule has 1 aromatic carbocycles. The molecule has 1 aliphatic heterocycles. The minimum atomic E-state index is 0. The highest BCUT2D eigenvalue weighted by atomic mass is 127. The van der Waals surface area contributed by atoms with Crippen molar-refractivity contribution in [1.29, 1.82) is 0 Å². The van der Waals surface area contributed by atoms with E-state index in [4.69, 9.17) is 4.99 Å². The second kappa shape index (κ2) is 11.9. The Bertz CT molecular complexity index is 756. The summed E-state index contributed by atoms with van der Waals surface area (Å²) in [4.78, 5) is 7.25. The van der Waals surface area contributed by atoms with Gasteiger partial charge in [-0.05, 0) is 43.7 Å². The zero-order valence-electron chi connectivity index (χ0n) is 17.0. The lowest BCUT2D eigenvalue weighted by atomic mass is 10.0. The van der Waals surface area contributed by atoms with Crippen molar-refractivity contribution < 1.29 is 0 Å². The molecule has 0 unspecified atom stereocenters. The summed E-state index contributed by atoms with van der Waals surface area (Å²) in [6.07, 6.45) is 10.7. The topological polar surface area (TPSA) is 45.5 Å². The van der Waals surface area contributed by atoms with Crippen molar-refractivity contribution in [2.75, 3.05) is 26.2 Å². The standard InChI is InChI=1S/C22H31N5.HI/c1-3-23-22(24-13-7-10-21-17-25-26(2)18-21)27-14-11-20(12-15-27)16-19-8-5-4-6-9-19;/h4-6,8-9,16-18H,3,7,10-15H2,1-2H3,(H,23,24);1H. The van der Waals surface area contributed by atoms with E-state index < -0.39 is 0 Å². The first-order valence-electron chi connectivity index (χ1n) is 10.00. The van der Waals surface area contributed by atoms with Crippen molar-refractivity contribution in [3.63, 3.8) is 0 Å². The van der Waals surface area contributed by atoms with Crippen LogP contribution in [0, 0.1) is 0 Å². The highest BCUT2D eigenvalue weighted by Crippen LogP contribution is 2.19. The second-order valence-electron chi connectivity index (χ2n) is 7.06. The van der Waals surface area contributed by atoms with E-state index in [2.05, 4.69) is 64.8 Å². The maximum Gasteiger partial charge on any atom is 0.193 e. The van der Waals surface area contributed by atoms with Crippen LogP contribution >= 0.6 is 24.0 Å². The quantitative estimate of drug-likeness (QED) is 0.285. The first kappa shape index (κ1) is 22.5. The van der Waals surface area contributed by atoms with E-state index >= 15 is 0 Å². The molecule has 0 aliphatic carbocycles. The van der Waals surface area contributed by atoms with Crippen LogP contribution in [-0.4, -0.2) is 46.8 Å². The van der Waals surface area contributed by atoms with Gasteiger partial charge in [-0.15, -0.1) is 24.0 Å². The van der Waals surface area contributed by atoms with E-state index in [9.17, 15) is 0 Å². The fourth-order valence-electron chi connectivity index (χ4n) is 3.43. The third-order valence-corrected chi connectivity index (χ3v) is 4.85. The molecule has 0 spiro atoms. The molecule has 3 rings (SSSR count). The second-order valence-corrected chi connectivity index (χ2v) is 7.06. The molecule has 0 saturated carbocycles. The summed E-state index contributed by atoms with van der Waals surface area (Å²) in [5.74, 6) is 1.06. The van der Waals surface area contributed by atoms with Gasteiger partial charge in [0.15, 0.2) is 5.96 Å². The van der Waals surface area contributed by atoms with Gasteiger partial charge in [0.25, 0.3) is 0 Å². The maximum atomic E-state index is 4.85. The molecular weight excluding hydrogens is 461 g/mol. The summed E-state index contributed by atoms with van der Waals surface area (Å²) in [7, 11) is 1.96. The van der Waals surface area contributed by atoms with E-state index in [-0.39, 0.29) is 24.0 Å². The van der Waals surface area contributed by atoms with Gasteiger partial charge in [0.05, 0.1) is 6.20 Å². The minimum absolute atomic E-state index is 0. The predicted molar refractivity (Wildman–Crippen MR) is 128 cm³/mol. The molecule has 2 heterocycles. The lowest BCUT2D eigenvalue weighted by Gasteiger charge is -2.31. The van der Waals surface area contributed by atoms with E-state index in [1.54, 1.807) is 0 Å². The lowest BCUT2D eigenvalue weighted by molar-refractivity contribution is 0.375. The molecule has 6 heteroatoms. The SMILES string of the molecule is CCNC(=NCCCc1cnn(C)c1)N1CCC(=Cc2ccccc2)CC1.I. The predicted octanol–water partition coefficient (Wildman–Crippen LogP) is 4.12. The zero-order valence-corrected chi connectivity index (χ0v) is 19.3. The van der Waals surface area contributed by atoms with Crippen LogP contribution in [0.3, 0.4) is 0 Å². The number of hydrogen-bond acceptors (Lipinski definition) is 2. The molecule has 1 saturated heterocycles. The van der Waals surface area contributed by atoms with Crippen LogP contribution in [0.4, 0.5) is 0 Å². The molecule has 1 aliphatic rings. The molecule has 0 radical (unpaired) electrons. The van der Waals surface area contributed by atoms with Crippen LogP contribution in [-0.2, 0) is 13.5 Å². The third-order valence-electron chi connectivity index (χ3n) is 4.85. The number of piperidine rings is 1. The van der Waals surface area contributed by atoms with Gasteiger partial charge in [-0.2, -0.15) is 5.10 Å². The lowest BCUT2D eigenvalue weighted by Crippen LogP contribution is -2.44. The average Bonchev–Trinajstić information content (AvgIpc) is 3.11. The third kappa shape index (κ3) is 6.96. The van der Waals surface area contributed by atoms with Crippen molar-refractivity contribution in [2.24, 2.45) is 12.0 Å². The van der Waals surface area contributed by atoms with Crippen LogP contribution in [0.15, 0.2) is 53.3 Å². The van der Waals surface area contributed by atoms with Gasteiger partial charge < -0.3 is 10.2 Å². The number of aliphatic imine (C=N–C) groups is 1. The molecule has 1 fully saturated rings. The first-order chi connectivity index (χ1) is 13.2. The van der Waals surface area contributed by atoms with E-state index in [1.807, 2.05) is 17.9 Å². The number of likely N-dealkylation sites (tertiary alicyclic amines) is 1. The molecule has 28 heavy (non-hydrogen) atoms. The van der Waals surface area contributed by atoms with E-state index in [1.165, 1.54) is 16.7 Å². The van der Waals surface area contributed by atoms with E-state index in [0.29, 0.717) is 0 Å². The van der Waals surface area contributed by atoms with Crippen LogP contribution < -0.4 is 5.32 Å². The summed E-state index contributed by atoms with van der Waals surface area (Å²) in [5, 5.41) is 7.68. The van der Waals surface area contributed by atoms with E-state index in [0.717, 1.165) is 57.8 Å². The highest BCUT2D eigenvalue weighted by molar-refractivity contribution is 14.0. The molecule has 1 N–H and O–H groups in total. The molecule has 0 amide bonds. The van der Waals surface area contributed by atoms with Crippen LogP contribution in [0.5, 0.6) is 0 Å². The number of aryl methyl sites for hydroxylation is 2. The first-order valence-corrected chi connectivity index (χ1v) is 10.00. The van der Waals surface area contributed by atoms with Crippen molar-refractivity contribution in [3.8, 4) is 0 Å². The van der Waals surface area contributed by atoms with Gasteiger partial charge >= 0.3 is 0 Å². The fourth-order valence-corrected chi connectivity index (χ4v) is 3.43. The van der Waals surface area contributed by atoms with Crippen molar-refractivity contribution in [2.45, 2.75) is 32.6 Å². The summed E-state index contributed by atoms with van der Waals surface area (Å²) < 4.78 is 1.86. The number of halogens is 1. The minimum Gasteiger partial charge on any atom is -0.357 e. The number of rotatable bonds is 6. The number of aromatic nitrogens is 2. The van der Waals surface area contributed by atoms with Gasteiger partial charge in [-0.1, -0.05) is 42.0 Å². The zero-order chi connectivity index (χ0) is 18.9. The summed E-state index contributed by atoms with van der Waals surface area (Å²) in [5.41, 5.74) is 4.12. The van der Waals surface area contributed by atoms with Crippen molar-refractivity contribution >= 4 is 36.0 Å². The Hall–Kier alpha value is -1.83. The average molecular weight is 493 g/mol. The van der Waals surface area contributed by atoms with Gasteiger partial charge in [0.2, 0.25) is 0 Å². The fraction of sp³-hybridized carbons (Fsp3) is 0.455. The monoisotopic (exact) mass is 493 g/mol. The van der Waals surface area contributed by atoms with Gasteiger partial charge in [0, 0.05) is 39.4 Å². The molecule has 5 nitrogen and oxygen atoms in total. The van der Waals surface area contributed by atoms with Gasteiger partial charge in [-0.25, -0.2) is 0 Å². The molecule has 2 aromatic rings. The van der Waals surface area contributed by atoms with Gasteiger partial charge in [0.1, 0.15) is 0 Å². The Morgan fingerprint density at radius 3 is 2.61 bits per heavy atom. The van der Waals surface area contributed by atoms with Crippen LogP contribution in [0.25, 0.3) is 6.08 Å². The molecule has 1 aromatic heterocycles. The number of nitrogens with one attached hydrogen (secondary N) is 1. The van der Waals surface area contributed by atoms with Crippen molar-refractivity contribution in [1.82, 2.24) is 20.0 Å². The van der Waals surface area contributed by atoms with Crippen LogP contribution in [0.2, 0.25) is 0 Å². The smallest absolute Gasteiger partial charge is 0.193 e. The Balaban J connectivity index is 0.00000280. The Morgan fingerprint density at radius 2 is 1.96 bits per heavy atom. The molecular formula is C22H32IN5. The maximum absolute atomic E-state index is 4.85. The van der Waals surface area contributed by atoms with Crippen LogP contribution in [0.1, 0.15) is 37.3 Å². The molecule has 152 valence electrons. The van der Waals surface area contributed by atoms with Gasteiger partial charge in [-0.3, -0.25) is 9.67 Å². The molecule has 0 bridgehead atoms. The summed E-state index contributed by atoms with van der Waals surface area (Å²) in [6.45, 7) is 5.96. The summed E-state index contributed by atoms with van der Waals surface area (Å²) in [6, 6.07) is 10.6. The Morgan fingerprint density at radius 1 is 1.21 bits per heavy atom. The largest absolute Gasteiger partial charge is 0.357 e. The molecule has 0 atom stereocenters. The Labute approximate surface area is 185 Å². The number of guanidine groups is 1. The summed E-state index contributed by atoms with van der Waals surface area (Å²) >= 11 is 0. The Kier molecular flexibility index (Phi) is 9.54. The number of nitrogens with zero attached hydrogens (tertiary/aromatic N) is 4. The number of hydrogen-bond donors (Lipinski definition) is 1.